The molecule has 4 nitrogen and oxygen atoms in total. The third-order valence-electron chi connectivity index (χ3n) is 3.42. The number of nitrogens with zero attached hydrogens (tertiary/aromatic N) is 1. The minimum absolute atomic E-state index is 0.000587. The summed E-state index contributed by atoms with van der Waals surface area (Å²) in [4.78, 5) is 23.5. The van der Waals surface area contributed by atoms with Crippen molar-refractivity contribution in [3.05, 3.63) is 100 Å². The van der Waals surface area contributed by atoms with E-state index < -0.39 is 4.92 Å². The third kappa shape index (κ3) is 3.59. The van der Waals surface area contributed by atoms with Crippen molar-refractivity contribution < 1.29 is 9.72 Å². The Balaban J connectivity index is 1.96. The fourth-order valence-electron chi connectivity index (χ4n) is 2.26. The van der Waals surface area contributed by atoms with Crippen molar-refractivity contribution in [2.75, 3.05) is 0 Å². The van der Waals surface area contributed by atoms with Gasteiger partial charge in [0.05, 0.1) is 0 Å². The SMILES string of the molecule is O=C(c1ccccc1)c1ccc([Se]c2ccccc2)c([N+](=O)[O-])c1. The van der Waals surface area contributed by atoms with Crippen molar-refractivity contribution >= 4 is 35.4 Å². The first-order valence-corrected chi connectivity index (χ1v) is 8.97. The Bertz CT molecular complexity index is 880. The number of ketones is 1. The van der Waals surface area contributed by atoms with E-state index in [-0.39, 0.29) is 26.4 Å². The van der Waals surface area contributed by atoms with Crippen LogP contribution in [-0.2, 0) is 0 Å². The first kappa shape index (κ1) is 16.1. The Hall–Kier alpha value is -2.75. The zero-order chi connectivity index (χ0) is 16.9. The summed E-state index contributed by atoms with van der Waals surface area (Å²) in [5.41, 5.74) is 0.856. The molecule has 24 heavy (non-hydrogen) atoms. The molecule has 0 unspecified atom stereocenters. The fraction of sp³-hybridized carbons (Fsp3) is 0. The molecular formula is C19H13NO3Se. The van der Waals surface area contributed by atoms with Gasteiger partial charge in [-0.05, 0) is 0 Å². The van der Waals surface area contributed by atoms with Gasteiger partial charge in [0.2, 0.25) is 0 Å². The van der Waals surface area contributed by atoms with Crippen LogP contribution < -0.4 is 8.92 Å². The van der Waals surface area contributed by atoms with E-state index in [1.165, 1.54) is 6.07 Å². The molecule has 0 aromatic heterocycles. The summed E-state index contributed by atoms with van der Waals surface area (Å²) in [5.74, 6) is -0.211. The Kier molecular flexibility index (Phi) is 4.85. The molecule has 0 saturated heterocycles. The van der Waals surface area contributed by atoms with Crippen LogP contribution in [0.5, 0.6) is 0 Å². The molecule has 0 N–H and O–H groups in total. The van der Waals surface area contributed by atoms with E-state index in [2.05, 4.69) is 0 Å². The van der Waals surface area contributed by atoms with Crippen molar-refractivity contribution in [3.63, 3.8) is 0 Å². The molecule has 0 heterocycles. The van der Waals surface area contributed by atoms with Gasteiger partial charge in [-0.1, -0.05) is 0 Å². The van der Waals surface area contributed by atoms with Crippen LogP contribution in [0.15, 0.2) is 78.9 Å². The van der Waals surface area contributed by atoms with Gasteiger partial charge in [0.1, 0.15) is 0 Å². The van der Waals surface area contributed by atoms with Gasteiger partial charge in [-0.25, -0.2) is 0 Å². The Morgan fingerprint density at radius 3 is 2.08 bits per heavy atom. The number of carbonyl (C=O) groups is 1. The van der Waals surface area contributed by atoms with Gasteiger partial charge in [0, 0.05) is 0 Å². The van der Waals surface area contributed by atoms with Crippen LogP contribution in [0.3, 0.4) is 0 Å². The summed E-state index contributed by atoms with van der Waals surface area (Å²) in [6.45, 7) is 0. The van der Waals surface area contributed by atoms with Gasteiger partial charge in [0.15, 0.2) is 0 Å². The zero-order valence-corrected chi connectivity index (χ0v) is 14.3. The standard InChI is InChI=1S/C19H13NO3Se/c21-19(14-7-3-1-4-8-14)15-11-12-18(17(13-15)20(22)23)24-16-9-5-2-6-10-16/h1-13H. The average molecular weight is 382 g/mol. The second-order valence-electron chi connectivity index (χ2n) is 5.05. The molecule has 0 bridgehead atoms. The van der Waals surface area contributed by atoms with Crippen molar-refractivity contribution in [3.8, 4) is 0 Å². The van der Waals surface area contributed by atoms with E-state index in [0.717, 1.165) is 4.46 Å². The summed E-state index contributed by atoms with van der Waals surface area (Å²) in [6, 6.07) is 23.2. The van der Waals surface area contributed by atoms with Crippen molar-refractivity contribution in [2.45, 2.75) is 0 Å². The first-order chi connectivity index (χ1) is 11.6. The number of rotatable bonds is 5. The van der Waals surface area contributed by atoms with Crippen molar-refractivity contribution in [1.29, 1.82) is 0 Å². The predicted octanol–water partition coefficient (Wildman–Crippen LogP) is 2.48. The fourth-order valence-corrected chi connectivity index (χ4v) is 4.19. The maximum atomic E-state index is 12.5. The van der Waals surface area contributed by atoms with Gasteiger partial charge >= 0.3 is 145 Å². The number of carbonyl (C=O) groups excluding carboxylic acids is 1. The van der Waals surface area contributed by atoms with Crippen LogP contribution in [0, 0.1) is 10.1 Å². The molecule has 5 heteroatoms. The molecule has 0 atom stereocenters. The molecule has 3 aromatic rings. The molecule has 118 valence electrons. The minimum atomic E-state index is -0.415. The van der Waals surface area contributed by atoms with E-state index in [1.807, 2.05) is 36.4 Å². The van der Waals surface area contributed by atoms with Crippen LogP contribution in [-0.4, -0.2) is 25.7 Å². The first-order valence-electron chi connectivity index (χ1n) is 7.26. The third-order valence-corrected chi connectivity index (χ3v) is 5.68. The van der Waals surface area contributed by atoms with Gasteiger partial charge in [-0.3, -0.25) is 0 Å². The molecule has 0 fully saturated rings. The van der Waals surface area contributed by atoms with Crippen molar-refractivity contribution in [2.24, 2.45) is 0 Å². The molecule has 0 amide bonds. The Labute approximate surface area is 145 Å². The molecule has 3 rings (SSSR count). The number of hydrogen-bond acceptors (Lipinski definition) is 3. The predicted molar refractivity (Wildman–Crippen MR) is 94.4 cm³/mol. The summed E-state index contributed by atoms with van der Waals surface area (Å²) >= 11 is -0.183. The monoisotopic (exact) mass is 383 g/mol. The quantitative estimate of drug-likeness (QED) is 0.295. The molecule has 0 radical (unpaired) electrons. The van der Waals surface area contributed by atoms with Crippen LogP contribution in [0.4, 0.5) is 5.69 Å². The van der Waals surface area contributed by atoms with Gasteiger partial charge in [0.25, 0.3) is 0 Å². The summed E-state index contributed by atoms with van der Waals surface area (Å²) in [5, 5.41) is 11.4. The van der Waals surface area contributed by atoms with E-state index in [9.17, 15) is 14.9 Å². The summed E-state index contributed by atoms with van der Waals surface area (Å²) in [6.07, 6.45) is 0. The number of hydrogen-bond donors (Lipinski definition) is 0. The van der Waals surface area contributed by atoms with E-state index in [0.29, 0.717) is 15.6 Å². The zero-order valence-electron chi connectivity index (χ0n) is 12.6. The molecule has 0 saturated carbocycles. The van der Waals surface area contributed by atoms with E-state index in [4.69, 9.17) is 0 Å². The Morgan fingerprint density at radius 2 is 1.46 bits per heavy atom. The maximum absolute atomic E-state index is 12.5. The molecule has 0 aliphatic rings. The van der Waals surface area contributed by atoms with Crippen LogP contribution >= 0.6 is 0 Å². The Morgan fingerprint density at radius 1 is 0.833 bits per heavy atom. The number of nitro benzene ring substituents is 1. The summed E-state index contributed by atoms with van der Waals surface area (Å²) in [7, 11) is 0. The number of benzene rings is 3. The summed E-state index contributed by atoms with van der Waals surface area (Å²) < 4.78 is 1.71. The molecule has 0 spiro atoms. The van der Waals surface area contributed by atoms with Crippen LogP contribution in [0.2, 0.25) is 0 Å². The number of nitro groups is 1. The van der Waals surface area contributed by atoms with Crippen LogP contribution in [0.1, 0.15) is 15.9 Å². The van der Waals surface area contributed by atoms with Gasteiger partial charge in [-0.2, -0.15) is 0 Å². The topological polar surface area (TPSA) is 60.2 Å². The molecular weight excluding hydrogens is 369 g/mol. The molecule has 3 aromatic carbocycles. The van der Waals surface area contributed by atoms with Crippen LogP contribution in [0.25, 0.3) is 0 Å². The molecule has 0 aliphatic heterocycles. The van der Waals surface area contributed by atoms with Gasteiger partial charge in [-0.15, -0.1) is 0 Å². The van der Waals surface area contributed by atoms with E-state index >= 15 is 0 Å². The second kappa shape index (κ2) is 7.21. The van der Waals surface area contributed by atoms with Gasteiger partial charge < -0.3 is 0 Å². The normalized spacial score (nSPS) is 10.3. The average Bonchev–Trinajstić information content (AvgIpc) is 2.63. The van der Waals surface area contributed by atoms with E-state index in [1.54, 1.807) is 36.4 Å². The second-order valence-corrected chi connectivity index (χ2v) is 7.39. The van der Waals surface area contributed by atoms with Crippen molar-refractivity contribution in [1.82, 2.24) is 0 Å². The molecule has 0 aliphatic carbocycles.